The third-order valence-corrected chi connectivity index (χ3v) is 4.20. The van der Waals surface area contributed by atoms with Crippen molar-refractivity contribution < 1.29 is 22.4 Å². The van der Waals surface area contributed by atoms with E-state index in [1.807, 2.05) is 10.8 Å². The van der Waals surface area contributed by atoms with Crippen LogP contribution in [0, 0.1) is 0 Å². The van der Waals surface area contributed by atoms with Crippen molar-refractivity contribution in [3.05, 3.63) is 48.9 Å². The molecule has 2 heterocycles. The Bertz CT molecular complexity index is 854. The molecule has 0 spiro atoms. The maximum absolute atomic E-state index is 12.5. The van der Waals surface area contributed by atoms with E-state index in [9.17, 15) is 13.2 Å². The first kappa shape index (κ1) is 15.7. The van der Waals surface area contributed by atoms with E-state index in [-0.39, 0.29) is 23.1 Å². The van der Waals surface area contributed by atoms with Gasteiger partial charge in [0.15, 0.2) is 0 Å². The van der Waals surface area contributed by atoms with Crippen molar-refractivity contribution in [3.63, 3.8) is 0 Å². The summed E-state index contributed by atoms with van der Waals surface area (Å²) in [6, 6.07) is 6.05. The molecule has 0 N–H and O–H groups in total. The van der Waals surface area contributed by atoms with Crippen molar-refractivity contribution >= 4 is 0 Å². The maximum atomic E-state index is 12.5. The standard InChI is InChI=1S/C16H13F3N4O2/c17-16(18,19)24-13-4-2-1-3-12(13)14-21-15(25-22-14)10-7-11(8-10)23-6-5-20-9-23/h1-6,9-11H,7-8H2. The number of imidazole rings is 1. The number of rotatable bonds is 4. The van der Waals surface area contributed by atoms with Gasteiger partial charge >= 0.3 is 6.36 Å². The molecule has 1 aliphatic carbocycles. The number of para-hydroxylation sites is 1. The van der Waals surface area contributed by atoms with Crippen LogP contribution >= 0.6 is 0 Å². The Morgan fingerprint density at radius 3 is 2.72 bits per heavy atom. The molecular weight excluding hydrogens is 337 g/mol. The van der Waals surface area contributed by atoms with Crippen LogP contribution in [0.15, 0.2) is 47.5 Å². The molecule has 130 valence electrons. The van der Waals surface area contributed by atoms with Crippen LogP contribution in [0.3, 0.4) is 0 Å². The molecule has 9 heteroatoms. The molecule has 0 bridgehead atoms. The summed E-state index contributed by atoms with van der Waals surface area (Å²) in [6.45, 7) is 0. The minimum atomic E-state index is -4.78. The van der Waals surface area contributed by atoms with Gasteiger partial charge in [-0.2, -0.15) is 4.98 Å². The molecule has 0 amide bonds. The molecule has 6 nitrogen and oxygen atoms in total. The van der Waals surface area contributed by atoms with Gasteiger partial charge in [0.1, 0.15) is 5.75 Å². The van der Waals surface area contributed by atoms with Crippen LogP contribution < -0.4 is 4.74 Å². The Morgan fingerprint density at radius 1 is 1.20 bits per heavy atom. The van der Waals surface area contributed by atoms with Gasteiger partial charge in [-0.25, -0.2) is 4.98 Å². The highest BCUT2D eigenvalue weighted by Gasteiger charge is 2.36. The zero-order valence-electron chi connectivity index (χ0n) is 12.8. The van der Waals surface area contributed by atoms with E-state index in [1.54, 1.807) is 18.6 Å². The van der Waals surface area contributed by atoms with Gasteiger partial charge < -0.3 is 13.8 Å². The zero-order chi connectivity index (χ0) is 17.4. The van der Waals surface area contributed by atoms with Crippen molar-refractivity contribution in [2.24, 2.45) is 0 Å². The summed E-state index contributed by atoms with van der Waals surface area (Å²) in [5, 5.41) is 3.82. The molecule has 1 aliphatic rings. The van der Waals surface area contributed by atoms with Crippen LogP contribution in [0.25, 0.3) is 11.4 Å². The Kier molecular flexibility index (Phi) is 3.70. The first-order chi connectivity index (χ1) is 12.0. The molecular formula is C16H13F3N4O2. The van der Waals surface area contributed by atoms with Crippen LogP contribution in [0.2, 0.25) is 0 Å². The smallest absolute Gasteiger partial charge is 0.405 e. The summed E-state index contributed by atoms with van der Waals surface area (Å²) in [6.07, 6.45) is 2.22. The normalized spacial score (nSPS) is 20.3. The summed E-state index contributed by atoms with van der Waals surface area (Å²) in [7, 11) is 0. The van der Waals surface area contributed by atoms with E-state index in [0.29, 0.717) is 11.9 Å². The van der Waals surface area contributed by atoms with Crippen LogP contribution in [-0.4, -0.2) is 26.1 Å². The molecule has 3 aromatic rings. The Labute approximate surface area is 140 Å². The van der Waals surface area contributed by atoms with Crippen LogP contribution in [0.5, 0.6) is 5.75 Å². The van der Waals surface area contributed by atoms with Gasteiger partial charge in [0.25, 0.3) is 0 Å². The number of nitrogens with zero attached hydrogens (tertiary/aromatic N) is 4. The maximum Gasteiger partial charge on any atom is 0.573 e. The fourth-order valence-corrected chi connectivity index (χ4v) is 2.89. The second kappa shape index (κ2) is 5.91. The molecule has 25 heavy (non-hydrogen) atoms. The van der Waals surface area contributed by atoms with Crippen molar-refractivity contribution in [2.75, 3.05) is 0 Å². The van der Waals surface area contributed by atoms with Crippen molar-refractivity contribution in [1.29, 1.82) is 0 Å². The van der Waals surface area contributed by atoms with Gasteiger partial charge in [0, 0.05) is 24.4 Å². The largest absolute Gasteiger partial charge is 0.573 e. The summed E-state index contributed by atoms with van der Waals surface area (Å²) in [4.78, 5) is 8.27. The lowest BCUT2D eigenvalue weighted by Gasteiger charge is -2.33. The fourth-order valence-electron chi connectivity index (χ4n) is 2.89. The highest BCUT2D eigenvalue weighted by Crippen LogP contribution is 2.44. The molecule has 1 aromatic carbocycles. The third-order valence-electron chi connectivity index (χ3n) is 4.20. The first-order valence-corrected chi connectivity index (χ1v) is 7.66. The number of benzene rings is 1. The lowest BCUT2D eigenvalue weighted by atomic mass is 9.80. The first-order valence-electron chi connectivity index (χ1n) is 7.66. The molecule has 0 radical (unpaired) electrons. The third kappa shape index (κ3) is 3.21. The zero-order valence-corrected chi connectivity index (χ0v) is 12.8. The summed E-state index contributed by atoms with van der Waals surface area (Å²) < 4.78 is 48.9. The quantitative estimate of drug-likeness (QED) is 0.713. The van der Waals surface area contributed by atoms with E-state index in [2.05, 4.69) is 19.9 Å². The number of hydrogen-bond donors (Lipinski definition) is 0. The number of alkyl halides is 3. The Hall–Kier alpha value is -2.84. The van der Waals surface area contributed by atoms with Crippen molar-refractivity contribution in [2.45, 2.75) is 31.2 Å². The molecule has 1 fully saturated rings. The lowest BCUT2D eigenvalue weighted by Crippen LogP contribution is -2.24. The summed E-state index contributed by atoms with van der Waals surface area (Å²) >= 11 is 0. The molecule has 1 saturated carbocycles. The molecule has 2 aromatic heterocycles. The topological polar surface area (TPSA) is 66.0 Å². The van der Waals surface area contributed by atoms with Crippen LogP contribution in [0.1, 0.15) is 30.7 Å². The molecule has 0 saturated heterocycles. The van der Waals surface area contributed by atoms with Gasteiger partial charge in [-0.15, -0.1) is 13.2 Å². The number of aromatic nitrogens is 4. The van der Waals surface area contributed by atoms with E-state index < -0.39 is 6.36 Å². The van der Waals surface area contributed by atoms with Gasteiger partial charge in [0.05, 0.1) is 11.9 Å². The van der Waals surface area contributed by atoms with Crippen LogP contribution in [0.4, 0.5) is 13.2 Å². The SMILES string of the molecule is FC(F)(F)Oc1ccccc1-c1noc(C2CC(n3ccnc3)C2)n1. The summed E-state index contributed by atoms with van der Waals surface area (Å²) in [5.41, 5.74) is 0.139. The van der Waals surface area contributed by atoms with E-state index in [4.69, 9.17) is 4.52 Å². The van der Waals surface area contributed by atoms with Crippen LogP contribution in [-0.2, 0) is 0 Å². The van der Waals surface area contributed by atoms with E-state index >= 15 is 0 Å². The predicted octanol–water partition coefficient (Wildman–Crippen LogP) is 3.95. The molecule has 0 aliphatic heterocycles. The second-order valence-electron chi connectivity index (χ2n) is 5.83. The molecule has 4 rings (SSSR count). The van der Waals surface area contributed by atoms with Crippen molar-refractivity contribution in [3.8, 4) is 17.1 Å². The average molecular weight is 350 g/mol. The van der Waals surface area contributed by atoms with Gasteiger partial charge in [-0.3, -0.25) is 0 Å². The Morgan fingerprint density at radius 2 is 2.00 bits per heavy atom. The fraction of sp³-hybridized carbons (Fsp3) is 0.312. The highest BCUT2D eigenvalue weighted by atomic mass is 19.4. The van der Waals surface area contributed by atoms with E-state index in [1.165, 1.54) is 18.2 Å². The number of hydrogen-bond acceptors (Lipinski definition) is 5. The Balaban J connectivity index is 1.51. The highest BCUT2D eigenvalue weighted by molar-refractivity contribution is 5.63. The molecule has 0 unspecified atom stereocenters. The number of halogens is 3. The minimum absolute atomic E-state index is 0.0842. The predicted molar refractivity (Wildman–Crippen MR) is 79.7 cm³/mol. The monoisotopic (exact) mass is 350 g/mol. The van der Waals surface area contributed by atoms with Crippen molar-refractivity contribution in [1.82, 2.24) is 19.7 Å². The molecule has 0 atom stereocenters. The lowest BCUT2D eigenvalue weighted by molar-refractivity contribution is -0.274. The van der Waals surface area contributed by atoms with Gasteiger partial charge in [-0.1, -0.05) is 17.3 Å². The van der Waals surface area contributed by atoms with Gasteiger partial charge in [-0.05, 0) is 25.0 Å². The van der Waals surface area contributed by atoms with Gasteiger partial charge in [0.2, 0.25) is 11.7 Å². The number of ether oxygens (including phenoxy) is 1. The average Bonchev–Trinajstić information content (AvgIpc) is 3.17. The van der Waals surface area contributed by atoms with E-state index in [0.717, 1.165) is 12.8 Å². The summed E-state index contributed by atoms with van der Waals surface area (Å²) in [5.74, 6) is 0.241. The second-order valence-corrected chi connectivity index (χ2v) is 5.83. The minimum Gasteiger partial charge on any atom is -0.405 e.